The first-order chi connectivity index (χ1) is 25.8. The van der Waals surface area contributed by atoms with Crippen molar-refractivity contribution in [3.8, 4) is 0 Å². The maximum Gasteiger partial charge on any atom is 0.472 e. The number of aliphatic hydroxyl groups excluding tert-OH is 1. The zero-order valence-corrected chi connectivity index (χ0v) is 34.3. The Bertz CT molecular complexity index is 1050. The van der Waals surface area contributed by atoms with E-state index in [-0.39, 0.29) is 32.1 Å². The van der Waals surface area contributed by atoms with Gasteiger partial charge in [0, 0.05) is 19.4 Å². The number of unbranched alkanes of at least 4 members (excludes halogenated alkanes) is 15. The first-order valence-electron chi connectivity index (χ1n) is 20.8. The minimum atomic E-state index is -4.42. The number of amides is 1. The molecule has 2 atom stereocenters. The summed E-state index contributed by atoms with van der Waals surface area (Å²) in [5.74, 6) is -0.549. The largest absolute Gasteiger partial charge is 0.472 e. The quantitative estimate of drug-likeness (QED) is 0.0245. The molecule has 3 N–H and O–H groups in total. The van der Waals surface area contributed by atoms with Crippen molar-refractivity contribution in [2.75, 3.05) is 26.4 Å². The van der Waals surface area contributed by atoms with E-state index >= 15 is 0 Å². The summed E-state index contributed by atoms with van der Waals surface area (Å²) in [6.45, 7) is 3.43. The normalized spacial score (nSPS) is 14.0. The summed E-state index contributed by atoms with van der Waals surface area (Å²) in [6.07, 6.45) is 45.8. The van der Waals surface area contributed by atoms with Crippen LogP contribution in [0.4, 0.5) is 0 Å². The predicted molar refractivity (Wildman–Crippen MR) is 220 cm³/mol. The topological polar surface area (TPSA) is 131 Å². The van der Waals surface area contributed by atoms with Crippen molar-refractivity contribution in [2.24, 2.45) is 0 Å². The minimum Gasteiger partial charge on any atom is -0.463 e. The van der Waals surface area contributed by atoms with E-state index in [2.05, 4.69) is 79.9 Å². The summed E-state index contributed by atoms with van der Waals surface area (Å²) in [5, 5.41) is 12.7. The minimum absolute atomic E-state index is 0.0721. The van der Waals surface area contributed by atoms with Crippen LogP contribution in [0.1, 0.15) is 168 Å². The summed E-state index contributed by atoms with van der Waals surface area (Å²) in [6, 6.07) is 0. The third kappa shape index (κ3) is 40.7. The molecule has 306 valence electrons. The van der Waals surface area contributed by atoms with Gasteiger partial charge in [0.15, 0.2) is 0 Å². The van der Waals surface area contributed by atoms with Crippen LogP contribution in [0.3, 0.4) is 0 Å². The highest BCUT2D eigenvalue weighted by atomic mass is 31.2. The van der Waals surface area contributed by atoms with Crippen molar-refractivity contribution in [1.29, 1.82) is 0 Å². The maximum absolute atomic E-state index is 12.1. The van der Waals surface area contributed by atoms with Crippen LogP contribution in [-0.2, 0) is 27.9 Å². The van der Waals surface area contributed by atoms with E-state index in [1.165, 1.54) is 44.9 Å². The molecule has 0 saturated carbocycles. The van der Waals surface area contributed by atoms with Gasteiger partial charge in [-0.3, -0.25) is 18.6 Å². The number of allylic oxidation sites excluding steroid dienone is 10. The molecule has 0 rings (SSSR count). The van der Waals surface area contributed by atoms with E-state index in [4.69, 9.17) is 13.8 Å². The molecule has 0 saturated heterocycles. The van der Waals surface area contributed by atoms with E-state index in [1.54, 1.807) is 0 Å². The SMILES string of the molecule is CCCC/C=C\CCCCCCCC(=O)NCCOP(=O)(O)OCC(O)COC(=O)CCCCCCC/C=C\C/C=C\C/C=C\C/C=C\CCCCC. The number of phosphoric ester groups is 1. The fourth-order valence-electron chi connectivity index (χ4n) is 5.23. The zero-order valence-electron chi connectivity index (χ0n) is 33.4. The molecular weight excluding hydrogens is 689 g/mol. The van der Waals surface area contributed by atoms with Crippen molar-refractivity contribution < 1.29 is 37.9 Å². The lowest BCUT2D eigenvalue weighted by Gasteiger charge is -2.15. The van der Waals surface area contributed by atoms with E-state index in [9.17, 15) is 24.2 Å². The van der Waals surface area contributed by atoms with Crippen molar-refractivity contribution in [3.63, 3.8) is 0 Å². The van der Waals surface area contributed by atoms with Gasteiger partial charge in [-0.05, 0) is 77.0 Å². The number of nitrogens with one attached hydrogen (secondary N) is 1. The number of phosphoric acid groups is 1. The Balaban J connectivity index is 3.67. The van der Waals surface area contributed by atoms with E-state index in [0.29, 0.717) is 12.8 Å². The summed E-state index contributed by atoms with van der Waals surface area (Å²) in [5.41, 5.74) is 0. The smallest absolute Gasteiger partial charge is 0.463 e. The molecule has 0 aliphatic heterocycles. The summed E-state index contributed by atoms with van der Waals surface area (Å²) >= 11 is 0. The average Bonchev–Trinajstić information content (AvgIpc) is 3.14. The van der Waals surface area contributed by atoms with Crippen LogP contribution in [0.5, 0.6) is 0 Å². The number of esters is 1. The van der Waals surface area contributed by atoms with Gasteiger partial charge < -0.3 is 20.1 Å². The van der Waals surface area contributed by atoms with Gasteiger partial charge in [0.1, 0.15) is 12.7 Å². The molecule has 0 bridgehead atoms. The first-order valence-corrected chi connectivity index (χ1v) is 22.3. The van der Waals surface area contributed by atoms with Crippen LogP contribution in [0.15, 0.2) is 60.8 Å². The number of hydrogen-bond donors (Lipinski definition) is 3. The molecule has 0 fully saturated rings. The number of hydrogen-bond acceptors (Lipinski definition) is 7. The van der Waals surface area contributed by atoms with Crippen LogP contribution < -0.4 is 5.32 Å². The van der Waals surface area contributed by atoms with Crippen LogP contribution in [0, 0.1) is 0 Å². The van der Waals surface area contributed by atoms with Gasteiger partial charge in [0.05, 0.1) is 13.2 Å². The van der Waals surface area contributed by atoms with E-state index in [0.717, 1.165) is 89.9 Å². The molecule has 10 heteroatoms. The molecule has 0 aliphatic rings. The number of aliphatic hydroxyl groups is 1. The van der Waals surface area contributed by atoms with Crippen molar-refractivity contribution >= 4 is 19.7 Å². The molecule has 53 heavy (non-hydrogen) atoms. The number of rotatable bonds is 38. The summed E-state index contributed by atoms with van der Waals surface area (Å²) in [7, 11) is -4.42. The first kappa shape index (κ1) is 50.7. The van der Waals surface area contributed by atoms with Crippen LogP contribution in [0.25, 0.3) is 0 Å². The second kappa shape index (κ2) is 39.4. The Labute approximate surface area is 323 Å². The molecule has 0 radical (unpaired) electrons. The van der Waals surface area contributed by atoms with E-state index in [1.807, 2.05) is 0 Å². The van der Waals surface area contributed by atoms with Crippen molar-refractivity contribution in [2.45, 2.75) is 174 Å². The molecule has 0 aromatic heterocycles. The monoisotopic (exact) mass is 766 g/mol. The molecule has 0 spiro atoms. The summed E-state index contributed by atoms with van der Waals surface area (Å²) in [4.78, 5) is 33.8. The fraction of sp³-hybridized carbons (Fsp3) is 0.721. The van der Waals surface area contributed by atoms with Crippen LogP contribution >= 0.6 is 7.82 Å². The second-order valence-electron chi connectivity index (χ2n) is 13.6. The standard InChI is InChI=1S/C43H76NO8P/c1-3-5-7-9-11-13-15-16-17-18-19-20-21-22-23-24-26-28-30-32-34-36-43(47)50-39-41(45)40-52-53(48,49)51-38-37-44-42(46)35-33-31-29-27-25-14-12-10-8-6-4-2/h10-13,16-17,19-20,22-23,41,45H,3-9,14-15,18,21,24-40H2,1-2H3,(H,44,46)(H,48,49)/b12-10-,13-11-,17-16-,20-19-,23-22-. The molecular formula is C43H76NO8P. The average molecular weight is 766 g/mol. The molecule has 1 amide bonds. The number of carbonyl (C=O) groups excluding carboxylic acids is 2. The lowest BCUT2D eigenvalue weighted by Crippen LogP contribution is -2.27. The van der Waals surface area contributed by atoms with Gasteiger partial charge in [0.25, 0.3) is 0 Å². The van der Waals surface area contributed by atoms with Gasteiger partial charge in [-0.1, -0.05) is 139 Å². The van der Waals surface area contributed by atoms with Gasteiger partial charge in [0.2, 0.25) is 5.91 Å². The molecule has 2 unspecified atom stereocenters. The van der Waals surface area contributed by atoms with Gasteiger partial charge in [-0.2, -0.15) is 0 Å². The highest BCUT2D eigenvalue weighted by molar-refractivity contribution is 7.47. The number of ether oxygens (including phenoxy) is 1. The van der Waals surface area contributed by atoms with E-state index < -0.39 is 26.5 Å². The fourth-order valence-corrected chi connectivity index (χ4v) is 5.98. The highest BCUT2D eigenvalue weighted by Gasteiger charge is 2.23. The number of carbonyl (C=O) groups is 2. The van der Waals surface area contributed by atoms with Crippen molar-refractivity contribution in [3.05, 3.63) is 60.8 Å². The molecule has 0 aromatic carbocycles. The maximum atomic E-state index is 12.1. The summed E-state index contributed by atoms with van der Waals surface area (Å²) < 4.78 is 26.8. The molecule has 0 aliphatic carbocycles. The predicted octanol–water partition coefficient (Wildman–Crippen LogP) is 11.3. The molecule has 0 heterocycles. The third-order valence-electron chi connectivity index (χ3n) is 8.42. The zero-order chi connectivity index (χ0) is 38.9. The van der Waals surface area contributed by atoms with Gasteiger partial charge in [-0.15, -0.1) is 0 Å². The lowest BCUT2D eigenvalue weighted by atomic mass is 10.1. The Kier molecular flexibility index (Phi) is 37.7. The second-order valence-corrected chi connectivity index (χ2v) is 15.1. The van der Waals surface area contributed by atoms with Crippen LogP contribution in [-0.4, -0.2) is 54.3 Å². The Morgan fingerprint density at radius 2 is 1.04 bits per heavy atom. The molecule has 9 nitrogen and oxygen atoms in total. The Hall–Kier alpha value is -2.29. The van der Waals surface area contributed by atoms with Gasteiger partial charge >= 0.3 is 13.8 Å². The van der Waals surface area contributed by atoms with Gasteiger partial charge in [-0.25, -0.2) is 4.57 Å². The van der Waals surface area contributed by atoms with Crippen LogP contribution in [0.2, 0.25) is 0 Å². The Morgan fingerprint density at radius 1 is 0.585 bits per heavy atom. The lowest BCUT2D eigenvalue weighted by molar-refractivity contribution is -0.147. The van der Waals surface area contributed by atoms with Crippen molar-refractivity contribution in [1.82, 2.24) is 5.32 Å². The third-order valence-corrected chi connectivity index (χ3v) is 9.40. The Morgan fingerprint density at radius 3 is 1.60 bits per heavy atom. The highest BCUT2D eigenvalue weighted by Crippen LogP contribution is 2.42. The molecule has 0 aromatic rings.